The van der Waals surface area contributed by atoms with Crippen LogP contribution in [0.1, 0.15) is 98.4 Å². The van der Waals surface area contributed by atoms with Crippen LogP contribution in [-0.4, -0.2) is 58.3 Å². The first-order valence-corrected chi connectivity index (χ1v) is 17.7. The van der Waals surface area contributed by atoms with Gasteiger partial charge < -0.3 is 19.7 Å². The second kappa shape index (κ2) is 16.6. The van der Waals surface area contributed by atoms with Crippen molar-refractivity contribution in [2.45, 2.75) is 99.5 Å². The lowest BCUT2D eigenvalue weighted by atomic mass is 9.98. The molecule has 0 fully saturated rings. The van der Waals surface area contributed by atoms with Gasteiger partial charge in [0.15, 0.2) is 17.5 Å². The number of aromatic nitrogens is 3. The number of aryl methyl sites for hydroxylation is 1. The number of hydrogen-bond acceptors (Lipinski definition) is 9. The third-order valence-corrected chi connectivity index (χ3v) is 8.63. The number of aliphatic imine (C=N–C) groups is 1. The fourth-order valence-corrected chi connectivity index (χ4v) is 5.87. The van der Waals surface area contributed by atoms with Gasteiger partial charge in [-0.05, 0) is 95.8 Å². The van der Waals surface area contributed by atoms with Gasteiger partial charge in [0, 0.05) is 30.4 Å². The highest BCUT2D eigenvalue weighted by Crippen LogP contribution is 2.37. The molecule has 1 aliphatic heterocycles. The zero-order valence-electron chi connectivity index (χ0n) is 31.0. The number of anilines is 2. The smallest absolute Gasteiger partial charge is 0.344 e. The van der Waals surface area contributed by atoms with Crippen molar-refractivity contribution < 1.29 is 19.1 Å². The van der Waals surface area contributed by atoms with Gasteiger partial charge in [-0.1, -0.05) is 40.0 Å². The number of amides is 1. The molecule has 266 valence electrons. The number of nitrogens with one attached hydrogen (secondary N) is 1. The fourth-order valence-electron chi connectivity index (χ4n) is 5.87. The van der Waals surface area contributed by atoms with Crippen LogP contribution in [0.25, 0.3) is 17.0 Å². The zero-order chi connectivity index (χ0) is 36.6. The monoisotopic (exact) mass is 681 g/mol. The molecule has 11 nitrogen and oxygen atoms in total. The van der Waals surface area contributed by atoms with Crippen molar-refractivity contribution in [1.29, 1.82) is 5.26 Å². The number of methoxy groups -OCH3 is 1. The Hall–Kier alpha value is -4.98. The van der Waals surface area contributed by atoms with Crippen LogP contribution >= 0.6 is 0 Å². The number of unbranched alkanes of at least 4 members (excludes halogenated alkanes) is 2. The van der Waals surface area contributed by atoms with Gasteiger partial charge >= 0.3 is 5.97 Å². The van der Waals surface area contributed by atoms with Crippen LogP contribution < -0.4 is 15.0 Å². The van der Waals surface area contributed by atoms with E-state index in [1.54, 1.807) is 46.1 Å². The number of benzene rings is 2. The molecule has 1 aromatic heterocycles. The minimum absolute atomic E-state index is 0.0175. The Morgan fingerprint density at radius 2 is 1.82 bits per heavy atom. The van der Waals surface area contributed by atoms with Crippen molar-refractivity contribution in [2.24, 2.45) is 10.9 Å². The minimum atomic E-state index is -0.823. The standard InChI is InChI=1S/C39H51N7O4/c1-10-14-16-26(12-3)37(47)41-27-17-20-32(49-9)29(23-27)34-43-36-33(38(48)50-39(6,7)8)30(24-40)35(46(36)44-34)42-31-19-18-28(22-25(31)5)45(13-4)21-15-11-2/h17-20,22-23,26H,10-16,21H2,1-9H3,(H,41,47). The molecule has 0 saturated heterocycles. The van der Waals surface area contributed by atoms with E-state index in [0.29, 0.717) is 22.7 Å². The minimum Gasteiger partial charge on any atom is -0.496 e. The van der Waals surface area contributed by atoms with Crippen molar-refractivity contribution in [3.63, 3.8) is 0 Å². The fraction of sp³-hybridized carbons (Fsp3) is 0.487. The van der Waals surface area contributed by atoms with E-state index in [-0.39, 0.29) is 40.5 Å². The van der Waals surface area contributed by atoms with Crippen LogP contribution in [-0.2, 0) is 14.3 Å². The summed E-state index contributed by atoms with van der Waals surface area (Å²) in [5, 5.41) is 18.2. The first kappa shape index (κ1) is 37.8. The predicted octanol–water partition coefficient (Wildman–Crippen LogP) is 8.25. The Balaban J connectivity index is 1.83. The van der Waals surface area contributed by atoms with Crippen molar-refractivity contribution >= 4 is 40.3 Å². The largest absolute Gasteiger partial charge is 0.496 e. The number of nitrogens with zero attached hydrogens (tertiary/aromatic N) is 6. The highest BCUT2D eigenvalue weighted by atomic mass is 16.6. The van der Waals surface area contributed by atoms with E-state index in [0.717, 1.165) is 62.9 Å². The molecule has 0 aliphatic carbocycles. The van der Waals surface area contributed by atoms with Crippen LogP contribution in [0.2, 0.25) is 0 Å². The summed E-state index contributed by atoms with van der Waals surface area (Å²) in [6.45, 7) is 17.5. The Morgan fingerprint density at radius 1 is 1.08 bits per heavy atom. The van der Waals surface area contributed by atoms with E-state index < -0.39 is 11.6 Å². The number of rotatable bonds is 15. The van der Waals surface area contributed by atoms with Crippen LogP contribution in [0.15, 0.2) is 47.0 Å². The van der Waals surface area contributed by atoms with E-state index in [9.17, 15) is 14.9 Å². The molecule has 1 unspecified atom stereocenters. The second-order valence-electron chi connectivity index (χ2n) is 13.5. The molecule has 2 heterocycles. The van der Waals surface area contributed by atoms with Gasteiger partial charge in [0.1, 0.15) is 28.6 Å². The van der Waals surface area contributed by atoms with E-state index in [4.69, 9.17) is 24.5 Å². The maximum atomic E-state index is 13.7. The molecule has 4 rings (SSSR count). The molecule has 0 spiro atoms. The molecule has 1 amide bonds. The highest BCUT2D eigenvalue weighted by Gasteiger charge is 2.39. The van der Waals surface area contributed by atoms with Crippen LogP contribution in [0.3, 0.4) is 0 Å². The maximum Gasteiger partial charge on any atom is 0.344 e. The molecule has 1 aliphatic rings. The molecular formula is C39H51N7O4. The van der Waals surface area contributed by atoms with Crippen molar-refractivity contribution in [3.05, 3.63) is 53.4 Å². The predicted molar refractivity (Wildman–Crippen MR) is 199 cm³/mol. The third kappa shape index (κ3) is 8.59. The lowest BCUT2D eigenvalue weighted by molar-refractivity contribution is -0.147. The number of hydrogen-bond donors (Lipinski definition) is 1. The zero-order valence-corrected chi connectivity index (χ0v) is 31.0. The first-order valence-electron chi connectivity index (χ1n) is 17.7. The highest BCUT2D eigenvalue weighted by molar-refractivity contribution is 6.30. The number of esters is 1. The number of fused-ring (bicyclic) bond motifs is 1. The Bertz CT molecular complexity index is 1810. The lowest BCUT2D eigenvalue weighted by Crippen LogP contribution is -2.24. The summed E-state index contributed by atoms with van der Waals surface area (Å²) in [5.74, 6) is 0.166. The number of nitriles is 1. The van der Waals surface area contributed by atoms with Gasteiger partial charge in [-0.2, -0.15) is 9.94 Å². The first-order chi connectivity index (χ1) is 23.9. The topological polar surface area (TPSA) is 135 Å². The molecule has 2 aromatic carbocycles. The third-order valence-electron chi connectivity index (χ3n) is 8.63. The quantitative estimate of drug-likeness (QED) is 0.159. The van der Waals surface area contributed by atoms with Gasteiger partial charge in [0.25, 0.3) is 0 Å². The van der Waals surface area contributed by atoms with E-state index in [1.165, 1.54) is 4.68 Å². The Morgan fingerprint density at radius 3 is 2.42 bits per heavy atom. The molecule has 0 saturated carbocycles. The van der Waals surface area contributed by atoms with Crippen LogP contribution in [0.4, 0.5) is 17.1 Å². The van der Waals surface area contributed by atoms with Crippen molar-refractivity contribution in [1.82, 2.24) is 14.8 Å². The molecular weight excluding hydrogens is 630 g/mol. The Kier molecular flexibility index (Phi) is 12.6. The second-order valence-corrected chi connectivity index (χ2v) is 13.5. The number of allylic oxidation sites excluding steroid dienone is 1. The van der Waals surface area contributed by atoms with E-state index in [1.807, 2.05) is 26.0 Å². The summed E-state index contributed by atoms with van der Waals surface area (Å²) in [5.41, 5.74) is 2.89. The number of ether oxygens (including phenoxy) is 2. The number of carbonyl (C=O) groups is 2. The van der Waals surface area contributed by atoms with Crippen molar-refractivity contribution in [2.75, 3.05) is 30.4 Å². The van der Waals surface area contributed by atoms with Gasteiger partial charge in [-0.3, -0.25) is 4.79 Å². The summed E-state index contributed by atoms with van der Waals surface area (Å²) >= 11 is 0. The average molecular weight is 682 g/mol. The summed E-state index contributed by atoms with van der Waals surface area (Å²) < 4.78 is 12.8. The number of carbonyl (C=O) groups excluding carboxylic acids is 2. The summed E-state index contributed by atoms with van der Waals surface area (Å²) in [4.78, 5) is 38.8. The Labute approximate surface area is 296 Å². The molecule has 1 atom stereocenters. The molecule has 0 bridgehead atoms. The molecule has 50 heavy (non-hydrogen) atoms. The molecule has 1 N–H and O–H groups in total. The summed E-state index contributed by atoms with van der Waals surface area (Å²) in [6, 6.07) is 13.5. The summed E-state index contributed by atoms with van der Waals surface area (Å²) in [7, 11) is 1.54. The van der Waals surface area contributed by atoms with Gasteiger partial charge in [0.2, 0.25) is 5.91 Å². The van der Waals surface area contributed by atoms with Crippen LogP contribution in [0, 0.1) is 24.2 Å². The SMILES string of the molecule is CCCCC(CC)C(=O)Nc1ccc(OC)c(-c2nc3n(n2)C(=Nc2ccc(N(CC)CCCC)cc2C)C(C#N)=C3C(=O)OC(C)(C)C)c1. The van der Waals surface area contributed by atoms with E-state index >= 15 is 0 Å². The van der Waals surface area contributed by atoms with Crippen molar-refractivity contribution in [3.8, 4) is 23.2 Å². The van der Waals surface area contributed by atoms with Crippen LogP contribution in [0.5, 0.6) is 5.75 Å². The maximum absolute atomic E-state index is 13.7. The van der Waals surface area contributed by atoms with Gasteiger partial charge in [0.05, 0.1) is 18.4 Å². The molecule has 11 heteroatoms. The summed E-state index contributed by atoms with van der Waals surface area (Å²) in [6.07, 6.45) is 5.76. The van der Waals surface area contributed by atoms with Gasteiger partial charge in [-0.15, -0.1) is 5.10 Å². The normalized spacial score (nSPS) is 14.0. The molecule has 3 aromatic rings. The molecule has 0 radical (unpaired) electrons. The van der Waals surface area contributed by atoms with E-state index in [2.05, 4.69) is 43.1 Å². The lowest BCUT2D eigenvalue weighted by Gasteiger charge is -2.23. The average Bonchev–Trinajstić information content (AvgIpc) is 3.63. The van der Waals surface area contributed by atoms with Gasteiger partial charge in [-0.25, -0.2) is 14.8 Å².